The zero-order valence-electron chi connectivity index (χ0n) is 14.9. The van der Waals surface area contributed by atoms with E-state index in [0.717, 1.165) is 0 Å². The Kier molecular flexibility index (Phi) is 8.69. The van der Waals surface area contributed by atoms with Crippen LogP contribution >= 0.6 is 0 Å². The first-order valence-electron chi connectivity index (χ1n) is 8.29. The first-order valence-corrected chi connectivity index (χ1v) is 8.29. The zero-order chi connectivity index (χ0) is 20.3. The molecular formula is C15H23N5O7. The zero-order valence-corrected chi connectivity index (χ0v) is 14.9. The topological polar surface area (TPSA) is 177 Å². The second-order valence-corrected chi connectivity index (χ2v) is 6.04. The van der Waals surface area contributed by atoms with Crippen LogP contribution in [0.3, 0.4) is 0 Å². The van der Waals surface area contributed by atoms with Gasteiger partial charge in [0.15, 0.2) is 0 Å². The molecule has 1 aromatic rings. The van der Waals surface area contributed by atoms with Crippen LogP contribution in [0.4, 0.5) is 0 Å². The van der Waals surface area contributed by atoms with E-state index in [-0.39, 0.29) is 38.3 Å². The molecule has 1 aromatic heterocycles. The van der Waals surface area contributed by atoms with Gasteiger partial charge in [-0.05, 0) is 19.8 Å². The minimum Gasteiger partial charge on any atom is -0.480 e. The van der Waals surface area contributed by atoms with Crippen molar-refractivity contribution in [1.29, 1.82) is 0 Å². The minimum absolute atomic E-state index is 0.0101. The number of nitrogens with zero attached hydrogens (tertiary/aromatic N) is 2. The summed E-state index contributed by atoms with van der Waals surface area (Å²) in [4.78, 5) is 55.9. The lowest BCUT2D eigenvalue weighted by Gasteiger charge is -2.25. The lowest BCUT2D eigenvalue weighted by Crippen LogP contribution is -2.54. The number of hydrogen-bond acceptors (Lipinski definition) is 7. The Morgan fingerprint density at radius 3 is 2.67 bits per heavy atom. The van der Waals surface area contributed by atoms with E-state index in [4.69, 9.17) is 0 Å². The van der Waals surface area contributed by atoms with Crippen molar-refractivity contribution in [3.63, 3.8) is 0 Å². The molecule has 0 unspecified atom stereocenters. The molecule has 2 amide bonds. The Bertz CT molecular complexity index is 649. The third-order valence-corrected chi connectivity index (χ3v) is 3.65. The summed E-state index contributed by atoms with van der Waals surface area (Å²) in [6, 6.07) is 0. The molecule has 1 atom stereocenters. The smallest absolute Gasteiger partial charge is 0.329 e. The van der Waals surface area contributed by atoms with E-state index in [1.54, 1.807) is 6.20 Å². The van der Waals surface area contributed by atoms with Crippen LogP contribution in [0, 0.1) is 10.1 Å². The highest BCUT2D eigenvalue weighted by molar-refractivity contribution is 5.87. The third-order valence-electron chi connectivity index (χ3n) is 3.65. The highest BCUT2D eigenvalue weighted by Gasteiger charge is 2.35. The first kappa shape index (κ1) is 21.9. The van der Waals surface area contributed by atoms with Crippen molar-refractivity contribution in [2.45, 2.75) is 44.6 Å². The minimum atomic E-state index is -1.52. The second kappa shape index (κ2) is 10.7. The summed E-state index contributed by atoms with van der Waals surface area (Å²) in [6.45, 7) is 1.36. The van der Waals surface area contributed by atoms with Crippen molar-refractivity contribution < 1.29 is 29.4 Å². The molecule has 0 aliphatic carbocycles. The van der Waals surface area contributed by atoms with Crippen LogP contribution in [-0.2, 0) is 25.6 Å². The lowest BCUT2D eigenvalue weighted by molar-refractivity contribution is -0.757. The molecule has 0 fully saturated rings. The molecule has 0 saturated carbocycles. The first-order chi connectivity index (χ1) is 12.7. The van der Waals surface area contributed by atoms with Gasteiger partial charge in [-0.15, -0.1) is 10.1 Å². The number of rotatable bonds is 13. The maximum Gasteiger partial charge on any atom is 0.329 e. The van der Waals surface area contributed by atoms with Gasteiger partial charge in [0.2, 0.25) is 11.8 Å². The molecule has 0 bridgehead atoms. The quantitative estimate of drug-likeness (QED) is 0.205. The van der Waals surface area contributed by atoms with Crippen LogP contribution in [-0.4, -0.2) is 56.6 Å². The Morgan fingerprint density at radius 2 is 2.07 bits per heavy atom. The molecule has 150 valence electrons. The number of H-pyrrole nitrogens is 1. The second-order valence-electron chi connectivity index (χ2n) is 6.04. The molecule has 0 spiro atoms. The molecular weight excluding hydrogens is 362 g/mol. The summed E-state index contributed by atoms with van der Waals surface area (Å²) >= 11 is 0. The average molecular weight is 385 g/mol. The fourth-order valence-electron chi connectivity index (χ4n) is 2.22. The molecule has 0 radical (unpaired) electrons. The SMILES string of the molecule is C[C@@](Cc1c[nH]cn1)(NC(=O)CCNC(=O)CCCCO[N+](=O)[O-])C(=O)O. The van der Waals surface area contributed by atoms with Crippen LogP contribution in [0.5, 0.6) is 0 Å². The van der Waals surface area contributed by atoms with Crippen molar-refractivity contribution in [3.8, 4) is 0 Å². The predicted octanol–water partition coefficient (Wildman–Crippen LogP) is -0.203. The summed E-state index contributed by atoms with van der Waals surface area (Å²) < 4.78 is 0. The number of hydrogen-bond donors (Lipinski definition) is 4. The van der Waals surface area contributed by atoms with Gasteiger partial charge in [0.25, 0.3) is 5.09 Å². The maximum absolute atomic E-state index is 12.0. The number of amides is 2. The van der Waals surface area contributed by atoms with Gasteiger partial charge >= 0.3 is 5.97 Å². The number of aromatic amines is 1. The van der Waals surface area contributed by atoms with Gasteiger partial charge in [-0.2, -0.15) is 0 Å². The van der Waals surface area contributed by atoms with Gasteiger partial charge in [-0.3, -0.25) is 9.59 Å². The van der Waals surface area contributed by atoms with Gasteiger partial charge in [-0.25, -0.2) is 9.78 Å². The molecule has 0 aromatic carbocycles. The number of carbonyl (C=O) groups is 3. The van der Waals surface area contributed by atoms with Crippen LogP contribution < -0.4 is 10.6 Å². The van der Waals surface area contributed by atoms with Crippen LogP contribution in [0.2, 0.25) is 0 Å². The van der Waals surface area contributed by atoms with Gasteiger partial charge in [-0.1, -0.05) is 0 Å². The normalized spacial score (nSPS) is 12.6. The number of carboxylic acids is 1. The maximum atomic E-state index is 12.0. The van der Waals surface area contributed by atoms with E-state index < -0.39 is 22.5 Å². The Balaban J connectivity index is 2.29. The summed E-state index contributed by atoms with van der Waals surface area (Å²) in [7, 11) is 0. The number of aliphatic carboxylic acids is 1. The third kappa shape index (κ3) is 8.65. The molecule has 1 rings (SSSR count). The van der Waals surface area contributed by atoms with Crippen molar-refractivity contribution in [2.75, 3.05) is 13.2 Å². The predicted molar refractivity (Wildman–Crippen MR) is 90.9 cm³/mol. The fourth-order valence-corrected chi connectivity index (χ4v) is 2.22. The van der Waals surface area contributed by atoms with Gasteiger partial charge in [0, 0.05) is 32.0 Å². The molecule has 27 heavy (non-hydrogen) atoms. The van der Waals surface area contributed by atoms with Crippen LogP contribution in [0.15, 0.2) is 12.5 Å². The number of aromatic nitrogens is 2. The summed E-state index contributed by atoms with van der Waals surface area (Å²) in [6.07, 6.45) is 3.80. The average Bonchev–Trinajstić information content (AvgIpc) is 3.06. The van der Waals surface area contributed by atoms with E-state index in [1.165, 1.54) is 13.3 Å². The lowest BCUT2D eigenvalue weighted by atomic mass is 9.96. The van der Waals surface area contributed by atoms with Gasteiger partial charge < -0.3 is 25.6 Å². The van der Waals surface area contributed by atoms with Gasteiger partial charge in [0.1, 0.15) is 5.54 Å². The Morgan fingerprint density at radius 1 is 1.33 bits per heavy atom. The van der Waals surface area contributed by atoms with Crippen molar-refractivity contribution >= 4 is 17.8 Å². The van der Waals surface area contributed by atoms with Crippen molar-refractivity contribution in [2.24, 2.45) is 0 Å². The molecule has 1 heterocycles. The number of carboxylic acid groups (broad SMARTS) is 1. The van der Waals surface area contributed by atoms with E-state index in [2.05, 4.69) is 25.4 Å². The monoisotopic (exact) mass is 385 g/mol. The Labute approximate surface area is 154 Å². The summed E-state index contributed by atoms with van der Waals surface area (Å²) in [5.74, 6) is -2.02. The van der Waals surface area contributed by atoms with Crippen LogP contribution in [0.25, 0.3) is 0 Å². The highest BCUT2D eigenvalue weighted by atomic mass is 16.9. The van der Waals surface area contributed by atoms with Crippen molar-refractivity contribution in [1.82, 2.24) is 20.6 Å². The fraction of sp³-hybridized carbons (Fsp3) is 0.600. The standard InChI is InChI=1S/C15H23N5O7/c1-15(14(23)24,8-11-9-16-10-18-11)19-13(22)5-6-17-12(21)4-2-3-7-27-20(25)26/h9-10H,2-8H2,1H3,(H,16,18)(H,17,21)(H,19,22)(H,23,24)/t15-/m0/s1. The molecule has 12 heteroatoms. The molecule has 12 nitrogen and oxygen atoms in total. The van der Waals surface area contributed by atoms with E-state index in [0.29, 0.717) is 18.5 Å². The van der Waals surface area contributed by atoms with E-state index >= 15 is 0 Å². The van der Waals surface area contributed by atoms with E-state index in [9.17, 15) is 29.6 Å². The molecule has 0 aliphatic heterocycles. The van der Waals surface area contributed by atoms with E-state index in [1.807, 2.05) is 0 Å². The summed E-state index contributed by atoms with van der Waals surface area (Å²) in [5, 5.41) is 23.4. The number of unbranched alkanes of at least 4 members (excludes halogenated alkanes) is 1. The van der Waals surface area contributed by atoms with Crippen LogP contribution in [0.1, 0.15) is 38.3 Å². The van der Waals surface area contributed by atoms with Gasteiger partial charge in [0.05, 0.1) is 18.6 Å². The molecule has 0 saturated heterocycles. The number of nitrogens with one attached hydrogen (secondary N) is 3. The van der Waals surface area contributed by atoms with Crippen molar-refractivity contribution in [3.05, 3.63) is 28.3 Å². The number of carbonyl (C=O) groups excluding carboxylic acids is 2. The summed E-state index contributed by atoms with van der Waals surface area (Å²) in [5.41, 5.74) is -1.03. The Hall–Kier alpha value is -3.18. The molecule has 4 N–H and O–H groups in total. The number of imidazole rings is 1. The largest absolute Gasteiger partial charge is 0.480 e. The highest BCUT2D eigenvalue weighted by Crippen LogP contribution is 2.12. The molecule has 0 aliphatic rings.